The van der Waals surface area contributed by atoms with Crippen LogP contribution in [0.4, 0.5) is 0 Å². The van der Waals surface area contributed by atoms with E-state index in [9.17, 15) is 14.4 Å². The molecule has 4 rings (SSSR count). The molecule has 8 nitrogen and oxygen atoms in total. The van der Waals surface area contributed by atoms with Crippen LogP contribution in [0, 0.1) is 5.92 Å². The summed E-state index contributed by atoms with van der Waals surface area (Å²) in [6, 6.07) is 17.5. The summed E-state index contributed by atoms with van der Waals surface area (Å²) >= 11 is 0. The molecule has 3 amide bonds. The van der Waals surface area contributed by atoms with Crippen LogP contribution >= 0.6 is 0 Å². The number of rotatable bonds is 10. The number of nitrogens with two attached hydrogens (primary N) is 1. The van der Waals surface area contributed by atoms with Gasteiger partial charge in [0, 0.05) is 45.7 Å². The number of benzene rings is 2. The predicted molar refractivity (Wildman–Crippen MR) is 162 cm³/mol. The maximum absolute atomic E-state index is 13.4. The average molecular weight is 560 g/mol. The van der Waals surface area contributed by atoms with Crippen LogP contribution < -0.4 is 16.4 Å². The van der Waals surface area contributed by atoms with Gasteiger partial charge in [0.2, 0.25) is 11.8 Å². The van der Waals surface area contributed by atoms with Gasteiger partial charge in [0.15, 0.2) is 0 Å². The van der Waals surface area contributed by atoms with Crippen molar-refractivity contribution in [3.8, 4) is 0 Å². The Morgan fingerprint density at radius 1 is 0.902 bits per heavy atom. The van der Waals surface area contributed by atoms with Crippen LogP contribution in [0.2, 0.25) is 0 Å². The van der Waals surface area contributed by atoms with E-state index in [0.717, 1.165) is 56.4 Å². The molecular weight excluding hydrogens is 514 g/mol. The number of carbonyl (C=O) groups excluding carboxylic acids is 3. The first kappa shape index (κ1) is 30.5. The van der Waals surface area contributed by atoms with Crippen molar-refractivity contribution in [1.29, 1.82) is 0 Å². The summed E-state index contributed by atoms with van der Waals surface area (Å²) in [5.41, 5.74) is 9.59. The standard InChI is InChI=1S/C33H45N5O3/c1-2-30(39)36-29(33(41)38-20-18-37(19-21-38)24-27-10-6-5-7-11-27)22-25-14-16-26(17-15-25)23-35-32(40)31(34)28-12-8-3-4-9-13-28/h5-7,10-11,14-17,22,28,31H,2-4,8-9,12-13,18-21,23-24,34H2,1H3,(H,35,40)(H,36,39)/b29-22+/t31-/m0/s1. The molecule has 2 aliphatic rings. The van der Waals surface area contributed by atoms with Gasteiger partial charge < -0.3 is 21.3 Å². The van der Waals surface area contributed by atoms with Gasteiger partial charge in [0.25, 0.3) is 5.91 Å². The number of hydrogen-bond acceptors (Lipinski definition) is 5. The number of hydrogen-bond donors (Lipinski definition) is 3. The van der Waals surface area contributed by atoms with Gasteiger partial charge >= 0.3 is 0 Å². The van der Waals surface area contributed by atoms with Crippen molar-refractivity contribution in [2.75, 3.05) is 26.2 Å². The maximum atomic E-state index is 13.4. The zero-order valence-electron chi connectivity index (χ0n) is 24.3. The molecule has 0 radical (unpaired) electrons. The van der Waals surface area contributed by atoms with Gasteiger partial charge in [-0.2, -0.15) is 0 Å². The normalized spacial score (nSPS) is 17.9. The summed E-state index contributed by atoms with van der Waals surface area (Å²) < 4.78 is 0. The van der Waals surface area contributed by atoms with E-state index in [2.05, 4.69) is 27.7 Å². The van der Waals surface area contributed by atoms with E-state index in [-0.39, 0.29) is 35.8 Å². The predicted octanol–water partition coefficient (Wildman–Crippen LogP) is 3.81. The third kappa shape index (κ3) is 9.26. The Kier molecular flexibility index (Phi) is 11.5. The van der Waals surface area contributed by atoms with Crippen molar-refractivity contribution in [1.82, 2.24) is 20.4 Å². The highest BCUT2D eigenvalue weighted by Crippen LogP contribution is 2.25. The van der Waals surface area contributed by atoms with E-state index in [0.29, 0.717) is 19.6 Å². The van der Waals surface area contributed by atoms with Crippen LogP contribution in [-0.4, -0.2) is 59.7 Å². The number of piperazine rings is 1. The number of nitrogens with zero attached hydrogens (tertiary/aromatic N) is 2. The smallest absolute Gasteiger partial charge is 0.270 e. The summed E-state index contributed by atoms with van der Waals surface area (Å²) in [4.78, 5) is 42.5. The van der Waals surface area contributed by atoms with Crippen molar-refractivity contribution >= 4 is 23.8 Å². The van der Waals surface area contributed by atoms with Crippen molar-refractivity contribution in [2.24, 2.45) is 11.7 Å². The van der Waals surface area contributed by atoms with Gasteiger partial charge in [0.1, 0.15) is 5.70 Å². The summed E-state index contributed by atoms with van der Waals surface area (Å²) in [5, 5.41) is 5.80. The second-order valence-electron chi connectivity index (χ2n) is 11.3. The molecule has 2 aromatic carbocycles. The summed E-state index contributed by atoms with van der Waals surface area (Å²) in [5.74, 6) is -0.210. The summed E-state index contributed by atoms with van der Waals surface area (Å²) in [6.07, 6.45) is 8.82. The second-order valence-corrected chi connectivity index (χ2v) is 11.3. The van der Waals surface area contributed by atoms with Gasteiger partial charge in [0.05, 0.1) is 6.04 Å². The van der Waals surface area contributed by atoms with E-state index in [4.69, 9.17) is 5.73 Å². The van der Waals surface area contributed by atoms with E-state index < -0.39 is 6.04 Å². The molecule has 2 aromatic rings. The monoisotopic (exact) mass is 559 g/mol. The quantitative estimate of drug-likeness (QED) is 0.303. The highest BCUT2D eigenvalue weighted by atomic mass is 16.2. The fourth-order valence-corrected chi connectivity index (χ4v) is 5.60. The van der Waals surface area contributed by atoms with E-state index >= 15 is 0 Å². The van der Waals surface area contributed by atoms with E-state index in [1.54, 1.807) is 13.0 Å². The largest absolute Gasteiger partial charge is 0.351 e. The van der Waals surface area contributed by atoms with Crippen molar-refractivity contribution in [3.05, 3.63) is 77.0 Å². The zero-order chi connectivity index (χ0) is 29.0. The lowest BCUT2D eigenvalue weighted by molar-refractivity contribution is -0.131. The SMILES string of the molecule is CCC(=O)N/C(=C/c1ccc(CNC(=O)[C@@H](N)C2CCCCCC2)cc1)C(=O)N1CCN(Cc2ccccc2)CC1. The molecule has 0 spiro atoms. The Labute approximate surface area is 244 Å². The Morgan fingerprint density at radius 3 is 2.20 bits per heavy atom. The van der Waals surface area contributed by atoms with Crippen LogP contribution in [0.5, 0.6) is 0 Å². The molecule has 1 heterocycles. The topological polar surface area (TPSA) is 108 Å². The molecule has 2 fully saturated rings. The molecule has 220 valence electrons. The van der Waals surface area contributed by atoms with Crippen LogP contribution in [-0.2, 0) is 27.5 Å². The third-order valence-corrected chi connectivity index (χ3v) is 8.20. The van der Waals surface area contributed by atoms with Crippen molar-refractivity contribution in [3.63, 3.8) is 0 Å². The highest BCUT2D eigenvalue weighted by Gasteiger charge is 2.26. The lowest BCUT2D eigenvalue weighted by atomic mass is 9.92. The number of carbonyl (C=O) groups is 3. The van der Waals surface area contributed by atoms with Gasteiger partial charge in [-0.15, -0.1) is 0 Å². The minimum Gasteiger partial charge on any atom is -0.351 e. The molecule has 1 aliphatic heterocycles. The Bertz CT molecular complexity index is 1170. The molecule has 0 bridgehead atoms. The maximum Gasteiger partial charge on any atom is 0.270 e. The molecule has 0 unspecified atom stereocenters. The van der Waals surface area contributed by atoms with Crippen LogP contribution in [0.1, 0.15) is 68.6 Å². The van der Waals surface area contributed by atoms with E-state index in [1.165, 1.54) is 18.4 Å². The number of amides is 3. The molecule has 1 atom stereocenters. The van der Waals surface area contributed by atoms with Crippen LogP contribution in [0.25, 0.3) is 6.08 Å². The van der Waals surface area contributed by atoms with Gasteiger partial charge in [-0.1, -0.05) is 87.2 Å². The van der Waals surface area contributed by atoms with Crippen LogP contribution in [0.3, 0.4) is 0 Å². The molecule has 8 heteroatoms. The fourth-order valence-electron chi connectivity index (χ4n) is 5.60. The Balaban J connectivity index is 1.33. The number of nitrogens with one attached hydrogen (secondary N) is 2. The average Bonchev–Trinajstić information content (AvgIpc) is 3.30. The first-order chi connectivity index (χ1) is 19.9. The summed E-state index contributed by atoms with van der Waals surface area (Å²) in [7, 11) is 0. The molecule has 1 saturated carbocycles. The minimum absolute atomic E-state index is 0.0973. The summed E-state index contributed by atoms with van der Waals surface area (Å²) in [6.45, 7) is 5.79. The first-order valence-electron chi connectivity index (χ1n) is 15.1. The van der Waals surface area contributed by atoms with E-state index in [1.807, 2.05) is 47.4 Å². The molecular formula is C33H45N5O3. The van der Waals surface area contributed by atoms with Gasteiger partial charge in [-0.3, -0.25) is 19.3 Å². The molecule has 0 aromatic heterocycles. The molecule has 41 heavy (non-hydrogen) atoms. The Hall–Kier alpha value is -3.49. The van der Waals surface area contributed by atoms with Crippen molar-refractivity contribution in [2.45, 2.75) is 71.0 Å². The zero-order valence-corrected chi connectivity index (χ0v) is 24.3. The third-order valence-electron chi connectivity index (χ3n) is 8.20. The van der Waals surface area contributed by atoms with Crippen LogP contribution in [0.15, 0.2) is 60.3 Å². The Morgan fingerprint density at radius 2 is 1.56 bits per heavy atom. The molecule has 1 saturated heterocycles. The van der Waals surface area contributed by atoms with Gasteiger partial charge in [-0.05, 0) is 41.5 Å². The molecule has 1 aliphatic carbocycles. The minimum atomic E-state index is -0.466. The fraction of sp³-hybridized carbons (Fsp3) is 0.485. The highest BCUT2D eigenvalue weighted by molar-refractivity contribution is 6.01. The van der Waals surface area contributed by atoms with Gasteiger partial charge in [-0.25, -0.2) is 0 Å². The lowest BCUT2D eigenvalue weighted by Gasteiger charge is -2.35. The molecule has 4 N–H and O–H groups in total. The first-order valence-corrected chi connectivity index (χ1v) is 15.1. The second kappa shape index (κ2) is 15.5. The van der Waals surface area contributed by atoms with Crippen molar-refractivity contribution < 1.29 is 14.4 Å². The lowest BCUT2D eigenvalue weighted by Crippen LogP contribution is -2.50.